The van der Waals surface area contributed by atoms with E-state index in [1.165, 1.54) is 11.1 Å². The van der Waals surface area contributed by atoms with Gasteiger partial charge in [0.05, 0.1) is 5.69 Å². The van der Waals surface area contributed by atoms with Gasteiger partial charge in [0.15, 0.2) is 0 Å². The minimum atomic E-state index is 0.402. The number of rotatable bonds is 3. The average molecular weight is 243 g/mol. The molecule has 0 aliphatic rings. The Hall–Kier alpha value is -1.77. The summed E-state index contributed by atoms with van der Waals surface area (Å²) in [7, 11) is 0. The van der Waals surface area contributed by atoms with E-state index >= 15 is 0 Å². The molecule has 2 rings (SSSR count). The number of aryl methyl sites for hydroxylation is 2. The first-order chi connectivity index (χ1) is 8.49. The molecule has 1 aromatic carbocycles. The summed E-state index contributed by atoms with van der Waals surface area (Å²) in [6, 6.07) is 6.69. The fourth-order valence-electron chi connectivity index (χ4n) is 2.01. The molecule has 0 radical (unpaired) electrons. The highest BCUT2D eigenvalue weighted by atomic mass is 15.2. The van der Waals surface area contributed by atoms with Crippen molar-refractivity contribution in [2.24, 2.45) is 0 Å². The fourth-order valence-corrected chi connectivity index (χ4v) is 2.01. The normalized spacial score (nSPS) is 11.0. The Kier molecular flexibility index (Phi) is 3.41. The molecule has 0 atom stereocenters. The number of aromatic nitrogens is 2. The van der Waals surface area contributed by atoms with E-state index < -0.39 is 0 Å². The van der Waals surface area contributed by atoms with Gasteiger partial charge in [-0.15, -0.1) is 0 Å². The van der Waals surface area contributed by atoms with Crippen LogP contribution in [0.2, 0.25) is 0 Å². The first-order valence-corrected chi connectivity index (χ1v) is 6.37. The number of nitrogens with one attached hydrogen (secondary N) is 1. The fraction of sp³-hybridized carbons (Fsp3) is 0.400. The molecule has 0 spiro atoms. The van der Waals surface area contributed by atoms with Crippen LogP contribution in [0, 0.1) is 20.8 Å². The van der Waals surface area contributed by atoms with Gasteiger partial charge in [-0.3, -0.25) is 0 Å². The van der Waals surface area contributed by atoms with Crippen molar-refractivity contribution in [3.63, 3.8) is 0 Å². The van der Waals surface area contributed by atoms with Crippen LogP contribution in [0.5, 0.6) is 0 Å². The van der Waals surface area contributed by atoms with E-state index in [0.717, 1.165) is 17.3 Å². The molecule has 1 N–H and O–H groups in total. The van der Waals surface area contributed by atoms with E-state index in [1.807, 2.05) is 6.92 Å². The molecule has 0 saturated carbocycles. The predicted octanol–water partition coefficient (Wildman–Crippen LogP) is 4.13. The quantitative estimate of drug-likeness (QED) is 0.878. The Morgan fingerprint density at radius 2 is 1.89 bits per heavy atom. The molecular formula is C15H21N3. The highest BCUT2D eigenvalue weighted by Crippen LogP contribution is 2.24. The van der Waals surface area contributed by atoms with Gasteiger partial charge in [-0.05, 0) is 51.8 Å². The highest BCUT2D eigenvalue weighted by Gasteiger charge is 2.10. The van der Waals surface area contributed by atoms with Crippen molar-refractivity contribution < 1.29 is 0 Å². The van der Waals surface area contributed by atoms with Crippen LogP contribution in [-0.2, 0) is 0 Å². The third kappa shape index (κ3) is 2.40. The summed E-state index contributed by atoms with van der Waals surface area (Å²) >= 11 is 0. The van der Waals surface area contributed by atoms with Crippen molar-refractivity contribution in [2.75, 3.05) is 5.32 Å². The van der Waals surface area contributed by atoms with Crippen LogP contribution in [0.1, 0.15) is 36.7 Å². The summed E-state index contributed by atoms with van der Waals surface area (Å²) in [4.78, 5) is 4.55. The highest BCUT2D eigenvalue weighted by molar-refractivity contribution is 5.60. The van der Waals surface area contributed by atoms with Crippen LogP contribution < -0.4 is 5.32 Å². The van der Waals surface area contributed by atoms with E-state index in [2.05, 4.69) is 67.0 Å². The molecular weight excluding hydrogens is 222 g/mol. The first kappa shape index (κ1) is 12.7. The number of benzene rings is 1. The molecule has 2 aromatic rings. The van der Waals surface area contributed by atoms with Crippen molar-refractivity contribution in [3.8, 4) is 0 Å². The van der Waals surface area contributed by atoms with Crippen LogP contribution in [0.15, 0.2) is 24.4 Å². The van der Waals surface area contributed by atoms with Gasteiger partial charge >= 0.3 is 0 Å². The maximum Gasteiger partial charge on any atom is 0.207 e. The molecule has 0 saturated heterocycles. The number of imidazole rings is 1. The van der Waals surface area contributed by atoms with Gasteiger partial charge in [0.1, 0.15) is 0 Å². The zero-order chi connectivity index (χ0) is 13.3. The van der Waals surface area contributed by atoms with Gasteiger partial charge in [-0.2, -0.15) is 0 Å². The smallest absolute Gasteiger partial charge is 0.207 e. The summed E-state index contributed by atoms with van der Waals surface area (Å²) in [6.07, 6.45) is 2.08. The molecule has 3 nitrogen and oxygen atoms in total. The van der Waals surface area contributed by atoms with E-state index in [-0.39, 0.29) is 0 Å². The molecule has 1 aromatic heterocycles. The van der Waals surface area contributed by atoms with Crippen LogP contribution in [-0.4, -0.2) is 9.55 Å². The monoisotopic (exact) mass is 243 g/mol. The summed E-state index contributed by atoms with van der Waals surface area (Å²) in [6.45, 7) is 10.6. The summed E-state index contributed by atoms with van der Waals surface area (Å²) in [5.74, 6) is 0.913. The van der Waals surface area contributed by atoms with Crippen molar-refractivity contribution in [1.82, 2.24) is 9.55 Å². The van der Waals surface area contributed by atoms with Crippen LogP contribution in [0.25, 0.3) is 0 Å². The zero-order valence-corrected chi connectivity index (χ0v) is 11.8. The minimum Gasteiger partial charge on any atom is -0.325 e. The van der Waals surface area contributed by atoms with Gasteiger partial charge in [-0.25, -0.2) is 4.98 Å². The van der Waals surface area contributed by atoms with E-state index in [9.17, 15) is 0 Å². The van der Waals surface area contributed by atoms with Crippen LogP contribution >= 0.6 is 0 Å². The molecule has 0 amide bonds. The lowest BCUT2D eigenvalue weighted by Gasteiger charge is -2.14. The standard InChI is InChI=1S/C15H21N3/c1-10(2)18-9-12(4)16-15(18)17-14-8-6-7-11(3)13(14)5/h6-10H,1-5H3,(H,16,17). The molecule has 1 heterocycles. The predicted molar refractivity (Wildman–Crippen MR) is 76.5 cm³/mol. The number of hydrogen-bond acceptors (Lipinski definition) is 2. The van der Waals surface area contributed by atoms with Crippen molar-refractivity contribution in [3.05, 3.63) is 41.2 Å². The zero-order valence-electron chi connectivity index (χ0n) is 11.8. The Bertz CT molecular complexity index is 553. The van der Waals surface area contributed by atoms with Crippen molar-refractivity contribution >= 4 is 11.6 Å². The Balaban J connectivity index is 2.37. The summed E-state index contributed by atoms with van der Waals surface area (Å²) < 4.78 is 2.16. The lowest BCUT2D eigenvalue weighted by atomic mass is 10.1. The van der Waals surface area contributed by atoms with Gasteiger partial charge in [0, 0.05) is 17.9 Å². The molecule has 0 aliphatic carbocycles. The third-order valence-corrected chi connectivity index (χ3v) is 3.26. The largest absolute Gasteiger partial charge is 0.325 e. The molecule has 0 unspecified atom stereocenters. The molecule has 18 heavy (non-hydrogen) atoms. The molecule has 0 bridgehead atoms. The van der Waals surface area contributed by atoms with Gasteiger partial charge in [0.25, 0.3) is 0 Å². The summed E-state index contributed by atoms with van der Waals surface area (Å²) in [5.41, 5.74) is 4.73. The lowest BCUT2D eigenvalue weighted by molar-refractivity contribution is 0.607. The maximum absolute atomic E-state index is 4.55. The number of nitrogens with zero attached hydrogens (tertiary/aromatic N) is 2. The van der Waals surface area contributed by atoms with Crippen LogP contribution in [0.4, 0.5) is 11.6 Å². The van der Waals surface area contributed by atoms with Gasteiger partial charge < -0.3 is 9.88 Å². The van der Waals surface area contributed by atoms with Gasteiger partial charge in [-0.1, -0.05) is 12.1 Å². The Labute approximate surface area is 109 Å². The number of anilines is 2. The first-order valence-electron chi connectivity index (χ1n) is 6.37. The van der Waals surface area contributed by atoms with Gasteiger partial charge in [0.2, 0.25) is 5.95 Å². The van der Waals surface area contributed by atoms with E-state index in [0.29, 0.717) is 6.04 Å². The molecule has 0 aliphatic heterocycles. The SMILES string of the molecule is Cc1cn(C(C)C)c(Nc2cccc(C)c2C)n1. The second-order valence-corrected chi connectivity index (χ2v) is 5.08. The maximum atomic E-state index is 4.55. The van der Waals surface area contributed by atoms with E-state index in [4.69, 9.17) is 0 Å². The Morgan fingerprint density at radius 1 is 1.17 bits per heavy atom. The number of hydrogen-bond donors (Lipinski definition) is 1. The second-order valence-electron chi connectivity index (χ2n) is 5.08. The Morgan fingerprint density at radius 3 is 2.56 bits per heavy atom. The topological polar surface area (TPSA) is 29.9 Å². The minimum absolute atomic E-state index is 0.402. The third-order valence-electron chi connectivity index (χ3n) is 3.26. The van der Waals surface area contributed by atoms with Crippen LogP contribution in [0.3, 0.4) is 0 Å². The second kappa shape index (κ2) is 4.84. The lowest BCUT2D eigenvalue weighted by Crippen LogP contribution is -2.06. The molecule has 3 heteroatoms. The average Bonchev–Trinajstić information content (AvgIpc) is 2.66. The summed E-state index contributed by atoms with van der Waals surface area (Å²) in [5, 5.41) is 3.44. The van der Waals surface area contributed by atoms with E-state index in [1.54, 1.807) is 0 Å². The van der Waals surface area contributed by atoms with Crippen molar-refractivity contribution in [2.45, 2.75) is 40.7 Å². The van der Waals surface area contributed by atoms with Crippen molar-refractivity contribution in [1.29, 1.82) is 0 Å². The molecule has 96 valence electrons. The molecule has 0 fully saturated rings.